The minimum absolute atomic E-state index is 0.0349. The number of nitrogens with zero attached hydrogens (tertiary/aromatic N) is 2. The second-order valence-electron chi connectivity index (χ2n) is 9.00. The van der Waals surface area contributed by atoms with Crippen molar-refractivity contribution in [1.29, 1.82) is 0 Å². The predicted molar refractivity (Wildman–Crippen MR) is 137 cm³/mol. The highest BCUT2D eigenvalue weighted by Gasteiger charge is 2.40. The van der Waals surface area contributed by atoms with Gasteiger partial charge in [-0.1, -0.05) is 29.3 Å². The molecule has 2 N–H and O–H groups in total. The number of aromatic nitrogens is 1. The molecular formula is C26H22Cl2F2N2O8. The van der Waals surface area contributed by atoms with Gasteiger partial charge in [0, 0.05) is 36.5 Å². The van der Waals surface area contributed by atoms with Gasteiger partial charge in [0.25, 0.3) is 11.5 Å². The molecule has 2 aromatic carbocycles. The maximum atomic E-state index is 13.1. The average molecular weight is 599 g/mol. The Morgan fingerprint density at radius 3 is 2.33 bits per heavy atom. The van der Waals surface area contributed by atoms with Gasteiger partial charge in [0.2, 0.25) is 0 Å². The third-order valence-electron chi connectivity index (χ3n) is 6.08. The van der Waals surface area contributed by atoms with Crippen LogP contribution < -0.4 is 9.47 Å². The molecule has 10 nitrogen and oxygen atoms in total. The van der Waals surface area contributed by atoms with Crippen molar-refractivity contribution < 1.29 is 42.9 Å². The Balaban J connectivity index is 1.68. The van der Waals surface area contributed by atoms with E-state index >= 15 is 0 Å². The van der Waals surface area contributed by atoms with E-state index in [-0.39, 0.29) is 51.7 Å². The number of rotatable bonds is 12. The normalized spacial score (nSPS) is 14.1. The van der Waals surface area contributed by atoms with E-state index in [0.29, 0.717) is 5.56 Å². The minimum Gasteiger partial charge on any atom is -0.489 e. The van der Waals surface area contributed by atoms with Crippen LogP contribution in [0.2, 0.25) is 10.0 Å². The minimum atomic E-state index is -3.21. The molecule has 1 fully saturated rings. The zero-order valence-electron chi connectivity index (χ0n) is 20.5. The van der Waals surface area contributed by atoms with E-state index in [4.69, 9.17) is 32.7 Å². The molecule has 14 heteroatoms. The number of hydrogen-bond acceptors (Lipinski definition) is 9. The molecule has 1 aliphatic rings. The first-order valence-electron chi connectivity index (χ1n) is 11.9. The van der Waals surface area contributed by atoms with Gasteiger partial charge in [0.05, 0.1) is 21.6 Å². The lowest BCUT2D eigenvalue weighted by Crippen LogP contribution is -2.38. The van der Waals surface area contributed by atoms with Crippen molar-refractivity contribution in [2.75, 3.05) is 6.61 Å². The second-order valence-corrected chi connectivity index (χ2v) is 9.81. The van der Waals surface area contributed by atoms with Gasteiger partial charge in [0.15, 0.2) is 11.5 Å². The van der Waals surface area contributed by atoms with Crippen molar-refractivity contribution in [3.63, 3.8) is 0 Å². The molecule has 4 rings (SSSR count). The number of nitro benzene ring substituents is 1. The number of esters is 1. The Bertz CT molecular complexity index is 1370. The summed E-state index contributed by atoms with van der Waals surface area (Å²) >= 11 is 12.5. The van der Waals surface area contributed by atoms with E-state index in [0.717, 1.165) is 37.1 Å². The lowest BCUT2D eigenvalue weighted by atomic mass is 10.0. The summed E-state index contributed by atoms with van der Waals surface area (Å²) in [7, 11) is 0. The Morgan fingerprint density at radius 2 is 1.75 bits per heavy atom. The zero-order chi connectivity index (χ0) is 29.0. The molecule has 1 atom stereocenters. The van der Waals surface area contributed by atoms with Gasteiger partial charge in [-0.05, 0) is 54.2 Å². The van der Waals surface area contributed by atoms with Crippen molar-refractivity contribution in [1.82, 2.24) is 4.98 Å². The first-order valence-corrected chi connectivity index (χ1v) is 12.6. The molecule has 1 aromatic heterocycles. The summed E-state index contributed by atoms with van der Waals surface area (Å²) in [5.74, 6) is -4.73. The molecule has 1 saturated carbocycles. The van der Waals surface area contributed by atoms with Crippen LogP contribution in [0.5, 0.6) is 11.5 Å². The Kier molecular flexibility index (Phi) is 9.04. The van der Waals surface area contributed by atoms with E-state index in [1.807, 2.05) is 0 Å². The highest BCUT2D eigenvalue weighted by Crippen LogP contribution is 2.38. The standard InChI is InChI=1S/C26H22Cl2F2N2O8/c27-19-11-31-12-20(28)18(19)10-22(39-24(33)26(34,35)16-4-6-17(7-5-16)32(36)37)15-3-8-21(40-25(29)30)23(9-15)38-13-14-1-2-14/h3-9,11-12,14,22,25,34-35H,1-2,10,13H2/t22-/m0/s1. The molecule has 3 aromatic rings. The number of carbonyl (C=O) groups excluding carboxylic acids is 1. The van der Waals surface area contributed by atoms with Gasteiger partial charge in [-0.2, -0.15) is 8.78 Å². The Labute approximate surface area is 236 Å². The number of hydrogen-bond donors (Lipinski definition) is 2. The molecule has 0 saturated heterocycles. The number of benzene rings is 2. The van der Waals surface area contributed by atoms with Crippen LogP contribution in [0, 0.1) is 16.0 Å². The number of pyridine rings is 1. The Hall–Kier alpha value is -3.58. The van der Waals surface area contributed by atoms with Crippen molar-refractivity contribution in [3.05, 3.63) is 91.7 Å². The topological polar surface area (TPSA) is 141 Å². The fourth-order valence-electron chi connectivity index (χ4n) is 3.71. The molecule has 40 heavy (non-hydrogen) atoms. The fraction of sp³-hybridized carbons (Fsp3) is 0.308. The van der Waals surface area contributed by atoms with Gasteiger partial charge in [-0.15, -0.1) is 0 Å². The van der Waals surface area contributed by atoms with Crippen molar-refractivity contribution in [2.45, 2.75) is 37.8 Å². The SMILES string of the molecule is O=C(O[C@@H](Cc1c(Cl)cncc1Cl)c1ccc(OC(F)F)c(OCC2CC2)c1)C(O)(O)c1ccc([N+](=O)[O-])cc1. The summed E-state index contributed by atoms with van der Waals surface area (Å²) in [5, 5.41) is 32.4. The number of nitro groups is 1. The van der Waals surface area contributed by atoms with Crippen molar-refractivity contribution in [3.8, 4) is 11.5 Å². The van der Waals surface area contributed by atoms with Gasteiger partial charge < -0.3 is 24.4 Å². The number of carbonyl (C=O) groups is 1. The van der Waals surface area contributed by atoms with Crippen LogP contribution in [-0.2, 0) is 21.7 Å². The molecular weight excluding hydrogens is 577 g/mol. The van der Waals surface area contributed by atoms with Gasteiger partial charge in [-0.25, -0.2) is 4.79 Å². The first-order chi connectivity index (χ1) is 19.0. The smallest absolute Gasteiger partial charge is 0.387 e. The van der Waals surface area contributed by atoms with Crippen LogP contribution in [0.1, 0.15) is 35.6 Å². The summed E-state index contributed by atoms with van der Waals surface area (Å²) in [5.41, 5.74) is -0.209. The molecule has 0 unspecified atom stereocenters. The summed E-state index contributed by atoms with van der Waals surface area (Å²) in [4.78, 5) is 27.2. The highest BCUT2D eigenvalue weighted by molar-refractivity contribution is 6.35. The highest BCUT2D eigenvalue weighted by atomic mass is 35.5. The van der Waals surface area contributed by atoms with E-state index < -0.39 is 35.0 Å². The fourth-order valence-corrected chi connectivity index (χ4v) is 4.23. The average Bonchev–Trinajstić information content (AvgIpc) is 3.74. The van der Waals surface area contributed by atoms with E-state index in [1.165, 1.54) is 30.6 Å². The van der Waals surface area contributed by atoms with E-state index in [1.54, 1.807) is 0 Å². The third-order valence-corrected chi connectivity index (χ3v) is 6.73. The summed E-state index contributed by atoms with van der Waals surface area (Å²) in [6.45, 7) is -2.87. The number of non-ortho nitro benzene ring substituents is 1. The van der Waals surface area contributed by atoms with Crippen LogP contribution in [0.3, 0.4) is 0 Å². The molecule has 1 aliphatic carbocycles. The summed E-state index contributed by atoms with van der Waals surface area (Å²) < 4.78 is 41.8. The maximum Gasteiger partial charge on any atom is 0.387 e. The number of halogens is 4. The maximum absolute atomic E-state index is 13.1. The van der Waals surface area contributed by atoms with Gasteiger partial charge in [-0.3, -0.25) is 15.1 Å². The molecule has 0 amide bonds. The van der Waals surface area contributed by atoms with Crippen LogP contribution in [0.15, 0.2) is 54.9 Å². The third kappa shape index (κ3) is 7.13. The van der Waals surface area contributed by atoms with Gasteiger partial charge in [0.1, 0.15) is 6.10 Å². The van der Waals surface area contributed by atoms with Crippen molar-refractivity contribution in [2.24, 2.45) is 5.92 Å². The van der Waals surface area contributed by atoms with E-state index in [2.05, 4.69) is 9.72 Å². The van der Waals surface area contributed by atoms with Crippen LogP contribution in [0.4, 0.5) is 14.5 Å². The lowest BCUT2D eigenvalue weighted by Gasteiger charge is -2.26. The quantitative estimate of drug-likeness (QED) is 0.122. The number of alkyl halides is 2. The molecule has 212 valence electrons. The van der Waals surface area contributed by atoms with Crippen LogP contribution >= 0.6 is 23.2 Å². The lowest BCUT2D eigenvalue weighted by molar-refractivity contribution is -0.384. The predicted octanol–water partition coefficient (Wildman–Crippen LogP) is 5.35. The Morgan fingerprint density at radius 1 is 1.10 bits per heavy atom. The monoisotopic (exact) mass is 598 g/mol. The number of ether oxygens (including phenoxy) is 3. The first kappa shape index (κ1) is 29.4. The zero-order valence-corrected chi connectivity index (χ0v) is 22.0. The second kappa shape index (κ2) is 12.3. The largest absolute Gasteiger partial charge is 0.489 e. The molecule has 0 bridgehead atoms. The van der Waals surface area contributed by atoms with E-state index in [9.17, 15) is 33.9 Å². The number of aliphatic hydroxyl groups is 2. The summed E-state index contributed by atoms with van der Waals surface area (Å²) in [6.07, 6.45) is 3.02. The molecule has 0 radical (unpaired) electrons. The van der Waals surface area contributed by atoms with Gasteiger partial charge >= 0.3 is 12.6 Å². The molecule has 1 heterocycles. The molecule has 0 spiro atoms. The molecule has 0 aliphatic heterocycles. The van der Waals surface area contributed by atoms with Crippen LogP contribution in [-0.4, -0.2) is 39.3 Å². The van der Waals surface area contributed by atoms with Crippen molar-refractivity contribution >= 4 is 34.9 Å². The summed E-state index contributed by atoms with van der Waals surface area (Å²) in [6, 6.07) is 7.85. The van der Waals surface area contributed by atoms with Crippen LogP contribution in [0.25, 0.3) is 0 Å².